The Morgan fingerprint density at radius 3 is 2.82 bits per heavy atom. The van der Waals surface area contributed by atoms with E-state index in [4.69, 9.17) is 0 Å². The van der Waals surface area contributed by atoms with Crippen LogP contribution in [0.15, 0.2) is 6.07 Å². The standard InChI is InChI=1S/C19H30N6O3/c1-22(2)13-14-12-15(21-23(14)3)16-6-4-5-10-24(16)18(27)8-11-25-17(26)7-9-20-19(25)28/h12,16H,4-11,13H2,1-3H3,(H,20,28). The Balaban J connectivity index is 1.68. The average Bonchev–Trinajstić information content (AvgIpc) is 3.01. The first kappa shape index (κ1) is 20.3. The molecule has 2 aliphatic rings. The molecular formula is C19H30N6O3. The van der Waals surface area contributed by atoms with Crippen molar-refractivity contribution in [3.8, 4) is 0 Å². The summed E-state index contributed by atoms with van der Waals surface area (Å²) >= 11 is 0. The van der Waals surface area contributed by atoms with Crippen molar-refractivity contribution in [2.24, 2.45) is 7.05 Å². The van der Waals surface area contributed by atoms with Gasteiger partial charge in [0.15, 0.2) is 0 Å². The van der Waals surface area contributed by atoms with E-state index in [2.05, 4.69) is 21.4 Å². The van der Waals surface area contributed by atoms with Crippen molar-refractivity contribution in [2.75, 3.05) is 33.7 Å². The van der Waals surface area contributed by atoms with Gasteiger partial charge in [-0.25, -0.2) is 4.79 Å². The minimum absolute atomic E-state index is 0.0318. The highest BCUT2D eigenvalue weighted by Gasteiger charge is 2.32. The summed E-state index contributed by atoms with van der Waals surface area (Å²) in [5.74, 6) is -0.250. The van der Waals surface area contributed by atoms with Crippen LogP contribution in [0.3, 0.4) is 0 Å². The van der Waals surface area contributed by atoms with Gasteiger partial charge in [0.2, 0.25) is 11.8 Å². The normalized spacial score (nSPS) is 20.6. The van der Waals surface area contributed by atoms with Crippen LogP contribution in [0.25, 0.3) is 0 Å². The molecule has 1 unspecified atom stereocenters. The summed E-state index contributed by atoms with van der Waals surface area (Å²) in [5.41, 5.74) is 2.02. The van der Waals surface area contributed by atoms with E-state index in [-0.39, 0.29) is 37.2 Å². The zero-order valence-electron chi connectivity index (χ0n) is 17.0. The highest BCUT2D eigenvalue weighted by Crippen LogP contribution is 2.31. The molecule has 4 amide bonds. The Kier molecular flexibility index (Phi) is 6.33. The van der Waals surface area contributed by atoms with Gasteiger partial charge in [0, 0.05) is 46.1 Å². The molecule has 28 heavy (non-hydrogen) atoms. The fraction of sp³-hybridized carbons (Fsp3) is 0.684. The lowest BCUT2D eigenvalue weighted by atomic mass is 9.98. The molecule has 1 aromatic rings. The fourth-order valence-electron chi connectivity index (χ4n) is 3.90. The summed E-state index contributed by atoms with van der Waals surface area (Å²) in [6.45, 7) is 1.96. The van der Waals surface area contributed by atoms with E-state index in [0.717, 1.165) is 42.1 Å². The fourth-order valence-corrected chi connectivity index (χ4v) is 3.90. The lowest BCUT2D eigenvalue weighted by molar-refractivity contribution is -0.136. The molecule has 0 bridgehead atoms. The lowest BCUT2D eigenvalue weighted by Crippen LogP contribution is -2.51. The van der Waals surface area contributed by atoms with E-state index in [1.807, 2.05) is 30.7 Å². The van der Waals surface area contributed by atoms with Crippen LogP contribution in [0.1, 0.15) is 49.5 Å². The third kappa shape index (κ3) is 4.52. The van der Waals surface area contributed by atoms with Crippen molar-refractivity contribution in [2.45, 2.75) is 44.7 Å². The number of nitrogens with zero attached hydrogens (tertiary/aromatic N) is 5. The SMILES string of the molecule is CN(C)Cc1cc(C2CCCCN2C(=O)CCN2C(=O)CCNC2=O)nn1C. The predicted molar refractivity (Wildman–Crippen MR) is 103 cm³/mol. The smallest absolute Gasteiger partial charge is 0.324 e. The summed E-state index contributed by atoms with van der Waals surface area (Å²) in [5, 5.41) is 7.31. The molecule has 0 saturated carbocycles. The number of imide groups is 1. The molecule has 9 nitrogen and oxygen atoms in total. The van der Waals surface area contributed by atoms with Crippen LogP contribution in [-0.4, -0.2) is 76.1 Å². The first-order chi connectivity index (χ1) is 13.4. The van der Waals surface area contributed by atoms with Crippen molar-refractivity contribution in [3.05, 3.63) is 17.5 Å². The van der Waals surface area contributed by atoms with Gasteiger partial charge in [-0.2, -0.15) is 5.10 Å². The number of aromatic nitrogens is 2. The second-order valence-corrected chi connectivity index (χ2v) is 7.80. The van der Waals surface area contributed by atoms with Gasteiger partial charge in [-0.05, 0) is 39.4 Å². The number of aryl methyl sites for hydroxylation is 1. The van der Waals surface area contributed by atoms with Crippen molar-refractivity contribution in [1.82, 2.24) is 29.8 Å². The van der Waals surface area contributed by atoms with E-state index in [1.165, 1.54) is 0 Å². The van der Waals surface area contributed by atoms with Crippen LogP contribution in [-0.2, 0) is 23.2 Å². The maximum absolute atomic E-state index is 12.9. The van der Waals surface area contributed by atoms with E-state index in [9.17, 15) is 14.4 Å². The minimum Gasteiger partial charge on any atom is -0.337 e. The second-order valence-electron chi connectivity index (χ2n) is 7.80. The van der Waals surface area contributed by atoms with E-state index in [1.54, 1.807) is 0 Å². The monoisotopic (exact) mass is 390 g/mol. The Morgan fingerprint density at radius 1 is 1.32 bits per heavy atom. The molecule has 0 aliphatic carbocycles. The van der Waals surface area contributed by atoms with Crippen molar-refractivity contribution < 1.29 is 14.4 Å². The molecule has 2 fully saturated rings. The van der Waals surface area contributed by atoms with Crippen LogP contribution in [0.5, 0.6) is 0 Å². The number of likely N-dealkylation sites (tertiary alicyclic amines) is 1. The van der Waals surface area contributed by atoms with Gasteiger partial charge in [0.05, 0.1) is 17.4 Å². The Hall–Kier alpha value is -2.42. The Morgan fingerprint density at radius 2 is 2.11 bits per heavy atom. The predicted octanol–water partition coefficient (Wildman–Crippen LogP) is 0.867. The topological polar surface area (TPSA) is 90.8 Å². The minimum atomic E-state index is -0.405. The molecule has 0 radical (unpaired) electrons. The van der Waals surface area contributed by atoms with Crippen LogP contribution in [0.2, 0.25) is 0 Å². The summed E-state index contributed by atoms with van der Waals surface area (Å²) < 4.78 is 1.88. The second kappa shape index (κ2) is 8.72. The highest BCUT2D eigenvalue weighted by molar-refractivity contribution is 5.97. The number of hydrogen-bond donors (Lipinski definition) is 1. The van der Waals surface area contributed by atoms with Crippen LogP contribution in [0, 0.1) is 0 Å². The third-order valence-corrected chi connectivity index (χ3v) is 5.35. The van der Waals surface area contributed by atoms with E-state index >= 15 is 0 Å². The van der Waals surface area contributed by atoms with Gasteiger partial charge in [0.1, 0.15) is 0 Å². The number of amides is 4. The van der Waals surface area contributed by atoms with Crippen molar-refractivity contribution >= 4 is 17.8 Å². The maximum Gasteiger partial charge on any atom is 0.324 e. The van der Waals surface area contributed by atoms with Gasteiger partial charge in [-0.1, -0.05) is 0 Å². The Bertz CT molecular complexity index is 728. The van der Waals surface area contributed by atoms with Gasteiger partial charge >= 0.3 is 6.03 Å². The molecule has 3 rings (SSSR count). The maximum atomic E-state index is 12.9. The molecule has 2 saturated heterocycles. The molecular weight excluding hydrogens is 360 g/mol. The number of urea groups is 1. The molecule has 1 N–H and O–H groups in total. The molecule has 9 heteroatoms. The van der Waals surface area contributed by atoms with Gasteiger partial charge in [-0.3, -0.25) is 19.2 Å². The average molecular weight is 390 g/mol. The molecule has 1 aromatic heterocycles. The van der Waals surface area contributed by atoms with Crippen LogP contribution >= 0.6 is 0 Å². The zero-order valence-corrected chi connectivity index (χ0v) is 17.0. The summed E-state index contributed by atoms with van der Waals surface area (Å²) in [7, 11) is 5.96. The summed E-state index contributed by atoms with van der Waals surface area (Å²) in [6, 6.07) is 1.63. The number of carbonyl (C=O) groups is 3. The van der Waals surface area contributed by atoms with Crippen molar-refractivity contribution in [1.29, 1.82) is 0 Å². The van der Waals surface area contributed by atoms with Crippen LogP contribution < -0.4 is 5.32 Å². The molecule has 154 valence electrons. The summed E-state index contributed by atoms with van der Waals surface area (Å²) in [4.78, 5) is 41.8. The van der Waals surface area contributed by atoms with Crippen molar-refractivity contribution in [3.63, 3.8) is 0 Å². The molecule has 3 heterocycles. The largest absolute Gasteiger partial charge is 0.337 e. The quantitative estimate of drug-likeness (QED) is 0.778. The molecule has 1 atom stereocenters. The number of piperidine rings is 1. The number of rotatable bonds is 6. The van der Waals surface area contributed by atoms with Gasteiger partial charge in [0.25, 0.3) is 0 Å². The molecule has 0 spiro atoms. The van der Waals surface area contributed by atoms with Crippen LogP contribution in [0.4, 0.5) is 4.79 Å². The number of hydrogen-bond acceptors (Lipinski definition) is 5. The van der Waals surface area contributed by atoms with E-state index < -0.39 is 6.03 Å². The molecule has 2 aliphatic heterocycles. The Labute approximate surface area is 165 Å². The van der Waals surface area contributed by atoms with Gasteiger partial charge < -0.3 is 15.1 Å². The lowest BCUT2D eigenvalue weighted by Gasteiger charge is -2.35. The third-order valence-electron chi connectivity index (χ3n) is 5.35. The first-order valence-corrected chi connectivity index (χ1v) is 9.92. The summed E-state index contributed by atoms with van der Waals surface area (Å²) in [6.07, 6.45) is 3.33. The highest BCUT2D eigenvalue weighted by atomic mass is 16.2. The zero-order chi connectivity index (χ0) is 20.3. The number of nitrogens with one attached hydrogen (secondary N) is 1. The number of carbonyl (C=O) groups excluding carboxylic acids is 3. The molecule has 0 aromatic carbocycles. The van der Waals surface area contributed by atoms with Gasteiger partial charge in [-0.15, -0.1) is 0 Å². The first-order valence-electron chi connectivity index (χ1n) is 9.92. The van der Waals surface area contributed by atoms with E-state index in [0.29, 0.717) is 13.1 Å².